The average molecular weight is 315 g/mol. The highest BCUT2D eigenvalue weighted by Gasteiger charge is 2.27. The van der Waals surface area contributed by atoms with E-state index >= 15 is 0 Å². The van der Waals surface area contributed by atoms with E-state index in [4.69, 9.17) is 9.84 Å². The van der Waals surface area contributed by atoms with Crippen LogP contribution in [0.25, 0.3) is 0 Å². The second-order valence-corrected chi connectivity index (χ2v) is 5.48. The SMILES string of the molecule is O=C(NC1CCc2c(C(=O)O)n[nH]c2C1)OCc1ccccc1. The zero-order chi connectivity index (χ0) is 16.2. The molecule has 1 aliphatic carbocycles. The van der Waals surface area contributed by atoms with Gasteiger partial charge in [0.15, 0.2) is 5.69 Å². The minimum atomic E-state index is -1.03. The van der Waals surface area contributed by atoms with Crippen molar-refractivity contribution in [2.45, 2.75) is 31.9 Å². The second-order valence-electron chi connectivity index (χ2n) is 5.48. The lowest BCUT2D eigenvalue weighted by Crippen LogP contribution is -2.39. The van der Waals surface area contributed by atoms with Crippen molar-refractivity contribution in [3.8, 4) is 0 Å². The number of amides is 1. The van der Waals surface area contributed by atoms with Gasteiger partial charge in [-0.05, 0) is 18.4 Å². The number of hydrogen-bond acceptors (Lipinski definition) is 4. The van der Waals surface area contributed by atoms with Crippen LogP contribution >= 0.6 is 0 Å². The summed E-state index contributed by atoms with van der Waals surface area (Å²) >= 11 is 0. The molecule has 1 heterocycles. The highest BCUT2D eigenvalue weighted by atomic mass is 16.5. The Morgan fingerprint density at radius 3 is 2.87 bits per heavy atom. The van der Waals surface area contributed by atoms with Crippen molar-refractivity contribution in [3.63, 3.8) is 0 Å². The number of benzene rings is 1. The Labute approximate surface area is 132 Å². The van der Waals surface area contributed by atoms with Gasteiger partial charge in [0.25, 0.3) is 0 Å². The predicted octanol–water partition coefficient (Wildman–Crippen LogP) is 1.89. The molecule has 1 aliphatic rings. The van der Waals surface area contributed by atoms with Gasteiger partial charge in [-0.3, -0.25) is 5.10 Å². The summed E-state index contributed by atoms with van der Waals surface area (Å²) in [4.78, 5) is 22.9. The van der Waals surface area contributed by atoms with E-state index < -0.39 is 12.1 Å². The van der Waals surface area contributed by atoms with E-state index in [2.05, 4.69) is 15.5 Å². The zero-order valence-corrected chi connectivity index (χ0v) is 12.4. The lowest BCUT2D eigenvalue weighted by molar-refractivity contribution is 0.0688. The van der Waals surface area contributed by atoms with Gasteiger partial charge < -0.3 is 15.2 Å². The molecule has 0 fully saturated rings. The molecule has 1 aromatic carbocycles. The number of carbonyl (C=O) groups excluding carboxylic acids is 1. The maximum atomic E-state index is 11.9. The number of ether oxygens (including phenoxy) is 1. The maximum absolute atomic E-state index is 11.9. The van der Waals surface area contributed by atoms with E-state index in [0.29, 0.717) is 19.3 Å². The molecule has 2 aromatic rings. The highest BCUT2D eigenvalue weighted by Crippen LogP contribution is 2.22. The van der Waals surface area contributed by atoms with E-state index in [-0.39, 0.29) is 18.3 Å². The number of aromatic carboxylic acids is 1. The number of aromatic nitrogens is 2. The normalized spacial score (nSPS) is 16.4. The molecule has 120 valence electrons. The number of nitrogens with zero attached hydrogens (tertiary/aromatic N) is 1. The van der Waals surface area contributed by atoms with Crippen LogP contribution in [0.2, 0.25) is 0 Å². The fourth-order valence-corrected chi connectivity index (χ4v) is 2.74. The fourth-order valence-electron chi connectivity index (χ4n) is 2.74. The van der Waals surface area contributed by atoms with Crippen molar-refractivity contribution in [2.75, 3.05) is 0 Å². The van der Waals surface area contributed by atoms with Crippen LogP contribution in [-0.2, 0) is 24.2 Å². The van der Waals surface area contributed by atoms with E-state index in [9.17, 15) is 9.59 Å². The number of aromatic amines is 1. The number of alkyl carbamates (subject to hydrolysis) is 1. The van der Waals surface area contributed by atoms with Crippen LogP contribution in [0.15, 0.2) is 30.3 Å². The zero-order valence-electron chi connectivity index (χ0n) is 12.4. The third-order valence-electron chi connectivity index (χ3n) is 3.88. The monoisotopic (exact) mass is 315 g/mol. The Bertz CT molecular complexity index is 711. The smallest absolute Gasteiger partial charge is 0.407 e. The number of carboxylic acid groups (broad SMARTS) is 1. The second kappa shape index (κ2) is 6.51. The average Bonchev–Trinajstić information content (AvgIpc) is 2.97. The Morgan fingerprint density at radius 2 is 2.13 bits per heavy atom. The van der Waals surface area contributed by atoms with E-state index in [1.54, 1.807) is 0 Å². The summed E-state index contributed by atoms with van der Waals surface area (Å²) in [5, 5.41) is 18.4. The number of nitrogens with one attached hydrogen (secondary N) is 2. The number of carbonyl (C=O) groups is 2. The molecular weight excluding hydrogens is 298 g/mol. The largest absolute Gasteiger partial charge is 0.476 e. The van der Waals surface area contributed by atoms with Crippen LogP contribution < -0.4 is 5.32 Å². The summed E-state index contributed by atoms with van der Waals surface area (Å²) in [6.45, 7) is 0.220. The van der Waals surface area contributed by atoms with E-state index in [1.807, 2.05) is 30.3 Å². The van der Waals surface area contributed by atoms with Gasteiger partial charge in [0.2, 0.25) is 0 Å². The molecule has 0 bridgehead atoms. The van der Waals surface area contributed by atoms with Crippen molar-refractivity contribution in [1.29, 1.82) is 0 Å². The van der Waals surface area contributed by atoms with Gasteiger partial charge >= 0.3 is 12.1 Å². The third kappa shape index (κ3) is 3.50. The molecule has 0 radical (unpaired) electrons. The standard InChI is InChI=1S/C16H17N3O4/c20-15(21)14-12-7-6-11(8-13(12)18-19-14)17-16(22)23-9-10-4-2-1-3-5-10/h1-5,11H,6-9H2,(H,17,22)(H,18,19)(H,20,21). The van der Waals surface area contributed by atoms with Gasteiger partial charge in [0.05, 0.1) is 0 Å². The molecule has 0 spiro atoms. The summed E-state index contributed by atoms with van der Waals surface area (Å²) in [6, 6.07) is 9.36. The van der Waals surface area contributed by atoms with Crippen LogP contribution in [0.1, 0.15) is 33.7 Å². The first kappa shape index (κ1) is 15.1. The minimum absolute atomic E-state index is 0.0742. The Morgan fingerprint density at radius 1 is 1.35 bits per heavy atom. The third-order valence-corrected chi connectivity index (χ3v) is 3.88. The molecule has 0 aliphatic heterocycles. The summed E-state index contributed by atoms with van der Waals surface area (Å²) in [5.41, 5.74) is 2.49. The van der Waals surface area contributed by atoms with Crippen LogP contribution in [0.3, 0.4) is 0 Å². The van der Waals surface area contributed by atoms with Crippen molar-refractivity contribution in [1.82, 2.24) is 15.5 Å². The van der Waals surface area contributed by atoms with Crippen molar-refractivity contribution >= 4 is 12.1 Å². The molecule has 0 saturated heterocycles. The molecule has 3 rings (SSSR count). The number of fused-ring (bicyclic) bond motifs is 1. The quantitative estimate of drug-likeness (QED) is 0.799. The van der Waals surface area contributed by atoms with Crippen LogP contribution in [0.5, 0.6) is 0 Å². The van der Waals surface area contributed by atoms with Gasteiger partial charge in [-0.1, -0.05) is 30.3 Å². The summed E-state index contributed by atoms with van der Waals surface area (Å²) in [6.07, 6.45) is 1.28. The Balaban J connectivity index is 1.53. The predicted molar refractivity (Wildman–Crippen MR) is 81.1 cm³/mol. The van der Waals surface area contributed by atoms with E-state index in [0.717, 1.165) is 16.8 Å². The highest BCUT2D eigenvalue weighted by molar-refractivity contribution is 5.87. The van der Waals surface area contributed by atoms with E-state index in [1.165, 1.54) is 0 Å². The Hall–Kier alpha value is -2.83. The van der Waals surface area contributed by atoms with Crippen LogP contribution in [0, 0.1) is 0 Å². The molecule has 7 nitrogen and oxygen atoms in total. The topological polar surface area (TPSA) is 104 Å². The van der Waals surface area contributed by atoms with Crippen molar-refractivity contribution in [3.05, 3.63) is 52.8 Å². The first-order valence-electron chi connectivity index (χ1n) is 7.40. The van der Waals surface area contributed by atoms with Crippen LogP contribution in [0.4, 0.5) is 4.79 Å². The molecule has 1 amide bonds. The fraction of sp³-hybridized carbons (Fsp3) is 0.312. The molecule has 1 atom stereocenters. The molecular formula is C16H17N3O4. The lowest BCUT2D eigenvalue weighted by atomic mass is 9.92. The molecule has 1 aromatic heterocycles. The molecule has 7 heteroatoms. The summed E-state index contributed by atoms with van der Waals surface area (Å²) in [7, 11) is 0. The van der Waals surface area contributed by atoms with Crippen LogP contribution in [-0.4, -0.2) is 33.4 Å². The van der Waals surface area contributed by atoms with Gasteiger partial charge in [-0.2, -0.15) is 5.10 Å². The molecule has 23 heavy (non-hydrogen) atoms. The molecule has 0 saturated carbocycles. The van der Waals surface area contributed by atoms with Gasteiger partial charge in [0, 0.05) is 23.7 Å². The number of hydrogen-bond donors (Lipinski definition) is 3. The first-order chi connectivity index (χ1) is 11.1. The lowest BCUT2D eigenvalue weighted by Gasteiger charge is -2.22. The van der Waals surface area contributed by atoms with Gasteiger partial charge in [0.1, 0.15) is 6.61 Å². The van der Waals surface area contributed by atoms with Crippen molar-refractivity contribution in [2.24, 2.45) is 0 Å². The Kier molecular flexibility index (Phi) is 4.27. The number of rotatable bonds is 4. The van der Waals surface area contributed by atoms with Crippen molar-refractivity contribution < 1.29 is 19.4 Å². The number of H-pyrrole nitrogens is 1. The van der Waals surface area contributed by atoms with Gasteiger partial charge in [-0.25, -0.2) is 9.59 Å². The molecule has 3 N–H and O–H groups in total. The summed E-state index contributed by atoms with van der Waals surface area (Å²) in [5.74, 6) is -1.03. The number of carboxylic acids is 1. The first-order valence-corrected chi connectivity index (χ1v) is 7.40. The molecule has 1 unspecified atom stereocenters. The minimum Gasteiger partial charge on any atom is -0.476 e. The van der Waals surface area contributed by atoms with Gasteiger partial charge in [-0.15, -0.1) is 0 Å². The summed E-state index contributed by atoms with van der Waals surface area (Å²) < 4.78 is 5.19. The maximum Gasteiger partial charge on any atom is 0.407 e.